The smallest absolute Gasteiger partial charge is 0.388 e. The molecule has 1 fully saturated rings. The van der Waals surface area contributed by atoms with Crippen LogP contribution in [0.4, 0.5) is 18.9 Å². The van der Waals surface area contributed by atoms with Gasteiger partial charge in [0.15, 0.2) is 0 Å². The van der Waals surface area contributed by atoms with E-state index in [2.05, 4.69) is 5.32 Å². The molecule has 118 valence electrons. The number of alkyl halides is 3. The van der Waals surface area contributed by atoms with E-state index in [0.717, 1.165) is 18.9 Å². The molecular weight excluding hydrogens is 307 g/mol. The van der Waals surface area contributed by atoms with Gasteiger partial charge in [-0.1, -0.05) is 25.0 Å². The fourth-order valence-electron chi connectivity index (χ4n) is 2.44. The fourth-order valence-corrected chi connectivity index (χ4v) is 3.38. The second-order valence-corrected chi connectivity index (χ2v) is 7.14. The summed E-state index contributed by atoms with van der Waals surface area (Å²) in [6.45, 7) is 0.0252. The van der Waals surface area contributed by atoms with Gasteiger partial charge in [-0.2, -0.15) is 13.2 Å². The predicted molar refractivity (Wildman–Crippen MR) is 71.6 cm³/mol. The minimum absolute atomic E-state index is 0.0252. The largest absolute Gasteiger partial charge is 0.501 e. The van der Waals surface area contributed by atoms with Crippen molar-refractivity contribution in [2.24, 2.45) is 0 Å². The number of hydrogen-bond donors (Lipinski definition) is 2. The Bertz CT molecular complexity index is 607. The van der Waals surface area contributed by atoms with Gasteiger partial charge in [-0.15, -0.1) is 0 Å². The number of benzene rings is 1. The van der Waals surface area contributed by atoms with Gasteiger partial charge in [0, 0.05) is 6.54 Å². The van der Waals surface area contributed by atoms with Gasteiger partial charge >= 0.3 is 5.51 Å². The highest BCUT2D eigenvalue weighted by molar-refractivity contribution is 7.92. The average molecular weight is 323 g/mol. The average Bonchev–Trinajstić information content (AvgIpc) is 2.83. The Labute approximate surface area is 120 Å². The zero-order valence-electron chi connectivity index (χ0n) is 11.2. The first-order chi connectivity index (χ1) is 9.66. The molecule has 21 heavy (non-hydrogen) atoms. The van der Waals surface area contributed by atoms with Crippen molar-refractivity contribution in [3.8, 4) is 0 Å². The van der Waals surface area contributed by atoms with Crippen molar-refractivity contribution in [1.82, 2.24) is 0 Å². The number of sulfone groups is 1. The van der Waals surface area contributed by atoms with Gasteiger partial charge in [0.2, 0.25) is 0 Å². The predicted octanol–water partition coefficient (Wildman–Crippen LogP) is 2.70. The molecule has 0 amide bonds. The molecule has 1 aliphatic carbocycles. The number of para-hydroxylation sites is 1. The van der Waals surface area contributed by atoms with E-state index >= 15 is 0 Å². The fraction of sp³-hybridized carbons (Fsp3) is 0.538. The SMILES string of the molecule is O=S(=O)(c1ccccc1NCC1(O)CCCC1)C(F)(F)F. The maximum Gasteiger partial charge on any atom is 0.501 e. The zero-order chi connectivity index (χ0) is 15.7. The molecule has 2 rings (SSSR count). The normalized spacial score (nSPS) is 18.7. The van der Waals surface area contributed by atoms with E-state index < -0.39 is 25.8 Å². The molecule has 4 nitrogen and oxygen atoms in total. The van der Waals surface area contributed by atoms with E-state index in [4.69, 9.17) is 0 Å². The molecule has 8 heteroatoms. The topological polar surface area (TPSA) is 66.4 Å². The van der Waals surface area contributed by atoms with Crippen LogP contribution in [0.2, 0.25) is 0 Å². The lowest BCUT2D eigenvalue weighted by molar-refractivity contribution is -0.0435. The number of rotatable bonds is 4. The Kier molecular flexibility index (Phi) is 4.21. The summed E-state index contributed by atoms with van der Waals surface area (Å²) in [5.74, 6) is 0. The molecule has 0 saturated heterocycles. The second-order valence-electron chi connectivity index (χ2n) is 5.23. The van der Waals surface area contributed by atoms with Crippen LogP contribution in [0.3, 0.4) is 0 Å². The Morgan fingerprint density at radius 1 is 1.19 bits per heavy atom. The molecule has 1 aliphatic rings. The highest BCUT2D eigenvalue weighted by atomic mass is 32.2. The van der Waals surface area contributed by atoms with Crippen molar-refractivity contribution in [1.29, 1.82) is 0 Å². The third-order valence-electron chi connectivity index (χ3n) is 3.62. The summed E-state index contributed by atoms with van der Waals surface area (Å²) in [5.41, 5.74) is -6.49. The van der Waals surface area contributed by atoms with Gasteiger partial charge in [-0.05, 0) is 25.0 Å². The number of hydrogen-bond acceptors (Lipinski definition) is 4. The quantitative estimate of drug-likeness (QED) is 0.894. The maximum absolute atomic E-state index is 12.7. The van der Waals surface area contributed by atoms with Gasteiger partial charge in [-0.3, -0.25) is 0 Å². The monoisotopic (exact) mass is 323 g/mol. The van der Waals surface area contributed by atoms with Crippen molar-refractivity contribution < 1.29 is 26.7 Å². The Hall–Kier alpha value is -1.28. The minimum atomic E-state index is -5.42. The molecular formula is C13H16F3NO3S. The molecule has 2 N–H and O–H groups in total. The third kappa shape index (κ3) is 3.32. The standard InChI is InChI=1S/C13H16F3NO3S/c14-13(15,16)21(19,20)11-6-2-1-5-10(11)17-9-12(18)7-3-4-8-12/h1-2,5-6,17-18H,3-4,7-9H2. The van der Waals surface area contributed by atoms with E-state index in [9.17, 15) is 26.7 Å². The summed E-state index contributed by atoms with van der Waals surface area (Å²) in [7, 11) is -5.42. The lowest BCUT2D eigenvalue weighted by atomic mass is 10.0. The Balaban J connectivity index is 2.26. The van der Waals surface area contributed by atoms with Crippen LogP contribution in [0.5, 0.6) is 0 Å². The first kappa shape index (κ1) is 16.1. The number of anilines is 1. The van der Waals surface area contributed by atoms with E-state index in [1.165, 1.54) is 18.2 Å². The number of halogens is 3. The summed E-state index contributed by atoms with van der Waals surface area (Å²) in [6, 6.07) is 4.84. The molecule has 0 bridgehead atoms. The van der Waals surface area contributed by atoms with E-state index in [1.54, 1.807) is 0 Å². The summed E-state index contributed by atoms with van der Waals surface area (Å²) >= 11 is 0. The van der Waals surface area contributed by atoms with E-state index in [1.807, 2.05) is 0 Å². The first-order valence-corrected chi connectivity index (χ1v) is 8.01. The molecule has 0 aliphatic heterocycles. The molecule has 0 spiro atoms. The van der Waals surface area contributed by atoms with Crippen LogP contribution in [-0.4, -0.2) is 31.2 Å². The van der Waals surface area contributed by atoms with Crippen molar-refractivity contribution in [2.45, 2.75) is 41.7 Å². The summed E-state index contributed by atoms with van der Waals surface area (Å²) in [4.78, 5) is -0.820. The van der Waals surface area contributed by atoms with Crippen LogP contribution in [0.25, 0.3) is 0 Å². The van der Waals surface area contributed by atoms with Crippen molar-refractivity contribution >= 4 is 15.5 Å². The third-order valence-corrected chi connectivity index (χ3v) is 5.17. The molecule has 0 aromatic heterocycles. The van der Waals surface area contributed by atoms with Gasteiger partial charge < -0.3 is 10.4 Å². The Morgan fingerprint density at radius 2 is 1.76 bits per heavy atom. The number of nitrogens with one attached hydrogen (secondary N) is 1. The van der Waals surface area contributed by atoms with Crippen molar-refractivity contribution in [2.75, 3.05) is 11.9 Å². The summed E-state index contributed by atoms with van der Waals surface area (Å²) < 4.78 is 61.0. The highest BCUT2D eigenvalue weighted by Crippen LogP contribution is 2.35. The molecule has 0 atom stereocenters. The molecule has 1 aromatic carbocycles. The van der Waals surface area contributed by atoms with E-state index in [-0.39, 0.29) is 12.2 Å². The van der Waals surface area contributed by atoms with E-state index in [0.29, 0.717) is 12.8 Å². The molecule has 1 saturated carbocycles. The molecule has 0 unspecified atom stereocenters. The van der Waals surface area contributed by atoms with Crippen LogP contribution in [-0.2, 0) is 9.84 Å². The highest BCUT2D eigenvalue weighted by Gasteiger charge is 2.48. The zero-order valence-corrected chi connectivity index (χ0v) is 12.0. The molecule has 0 radical (unpaired) electrons. The lowest BCUT2D eigenvalue weighted by Crippen LogP contribution is -2.34. The number of aliphatic hydroxyl groups is 1. The second kappa shape index (κ2) is 5.49. The van der Waals surface area contributed by atoms with Gasteiger partial charge in [0.25, 0.3) is 9.84 Å². The summed E-state index contributed by atoms with van der Waals surface area (Å²) in [6.07, 6.45) is 2.80. The molecule has 0 heterocycles. The summed E-state index contributed by atoms with van der Waals surface area (Å²) in [5, 5.41) is 12.8. The first-order valence-electron chi connectivity index (χ1n) is 6.52. The Morgan fingerprint density at radius 3 is 2.33 bits per heavy atom. The van der Waals surface area contributed by atoms with Crippen LogP contribution in [0.1, 0.15) is 25.7 Å². The lowest BCUT2D eigenvalue weighted by Gasteiger charge is -2.24. The van der Waals surface area contributed by atoms with Crippen LogP contribution >= 0.6 is 0 Å². The van der Waals surface area contributed by atoms with Crippen LogP contribution in [0.15, 0.2) is 29.2 Å². The molecule has 1 aromatic rings. The van der Waals surface area contributed by atoms with Gasteiger partial charge in [-0.25, -0.2) is 8.42 Å². The maximum atomic E-state index is 12.7. The van der Waals surface area contributed by atoms with Crippen molar-refractivity contribution in [3.05, 3.63) is 24.3 Å². The van der Waals surface area contributed by atoms with Crippen LogP contribution < -0.4 is 5.32 Å². The van der Waals surface area contributed by atoms with Crippen LogP contribution in [0, 0.1) is 0 Å². The van der Waals surface area contributed by atoms with Gasteiger partial charge in [0.1, 0.15) is 0 Å². The minimum Gasteiger partial charge on any atom is -0.388 e. The van der Waals surface area contributed by atoms with Crippen molar-refractivity contribution in [3.63, 3.8) is 0 Å². The van der Waals surface area contributed by atoms with Gasteiger partial charge in [0.05, 0.1) is 16.2 Å².